The Hall–Kier alpha value is -0.990. The van der Waals surface area contributed by atoms with Crippen molar-refractivity contribution >= 4 is 37.1 Å². The van der Waals surface area contributed by atoms with E-state index >= 15 is 0 Å². The minimum absolute atomic E-state index is 0.0375. The van der Waals surface area contributed by atoms with Gasteiger partial charge >= 0.3 is 0 Å². The molecule has 1 aromatic carbocycles. The van der Waals surface area contributed by atoms with Crippen LogP contribution in [-0.2, 0) is 19.9 Å². The van der Waals surface area contributed by atoms with Crippen LogP contribution in [0.3, 0.4) is 0 Å². The second-order valence-electron chi connectivity index (χ2n) is 3.43. The summed E-state index contributed by atoms with van der Waals surface area (Å²) in [6.07, 6.45) is 0.811. The van der Waals surface area contributed by atoms with Gasteiger partial charge in [-0.3, -0.25) is 4.72 Å². The van der Waals surface area contributed by atoms with E-state index in [0.29, 0.717) is 0 Å². The zero-order valence-corrected chi connectivity index (χ0v) is 11.1. The molecule has 0 atom stereocenters. The fraction of sp³-hybridized carbons (Fsp3) is 0.250. The van der Waals surface area contributed by atoms with Crippen LogP contribution in [0.25, 0.3) is 0 Å². The van der Waals surface area contributed by atoms with Gasteiger partial charge in [-0.05, 0) is 12.1 Å². The van der Waals surface area contributed by atoms with Gasteiger partial charge in [-0.2, -0.15) is 0 Å². The van der Waals surface area contributed by atoms with Gasteiger partial charge in [0.05, 0.1) is 10.7 Å². The standard InChI is InChI=1S/C8H10ClNO5S2/c1-16(12,13)5-17(14,15)10-6-2-3-7(9)8(11)4-6/h2-4,10-11H,5H2,1H3. The van der Waals surface area contributed by atoms with E-state index in [1.807, 2.05) is 4.72 Å². The van der Waals surface area contributed by atoms with Gasteiger partial charge in [-0.25, -0.2) is 16.8 Å². The highest BCUT2D eigenvalue weighted by molar-refractivity contribution is 8.08. The summed E-state index contributed by atoms with van der Waals surface area (Å²) < 4.78 is 46.6. The molecule has 0 saturated heterocycles. The number of sulfone groups is 1. The number of sulfonamides is 1. The van der Waals surface area contributed by atoms with Crippen molar-refractivity contribution in [2.45, 2.75) is 0 Å². The zero-order valence-electron chi connectivity index (χ0n) is 8.71. The van der Waals surface area contributed by atoms with Gasteiger partial charge in [-0.1, -0.05) is 11.6 Å². The molecule has 0 aliphatic carbocycles. The molecular weight excluding hydrogens is 290 g/mol. The number of rotatable bonds is 4. The predicted molar refractivity (Wildman–Crippen MR) is 65.4 cm³/mol. The van der Waals surface area contributed by atoms with Crippen LogP contribution in [0.2, 0.25) is 5.02 Å². The van der Waals surface area contributed by atoms with Crippen LogP contribution < -0.4 is 4.72 Å². The predicted octanol–water partition coefficient (Wildman–Crippen LogP) is 0.789. The fourth-order valence-corrected chi connectivity index (χ4v) is 4.16. The van der Waals surface area contributed by atoms with E-state index in [-0.39, 0.29) is 16.5 Å². The topological polar surface area (TPSA) is 101 Å². The van der Waals surface area contributed by atoms with Gasteiger partial charge in [0, 0.05) is 12.3 Å². The third-order valence-corrected chi connectivity index (χ3v) is 5.41. The molecule has 0 aliphatic rings. The third-order valence-electron chi connectivity index (χ3n) is 1.59. The fourth-order valence-electron chi connectivity index (χ4n) is 1.07. The lowest BCUT2D eigenvalue weighted by molar-refractivity contribution is 0.476. The second kappa shape index (κ2) is 4.71. The average Bonchev–Trinajstić information content (AvgIpc) is 2.06. The SMILES string of the molecule is CS(=O)(=O)CS(=O)(=O)Nc1ccc(Cl)c(O)c1. The van der Waals surface area contributed by atoms with Gasteiger partial charge < -0.3 is 5.11 Å². The maximum absolute atomic E-state index is 11.4. The lowest BCUT2D eigenvalue weighted by atomic mass is 10.3. The van der Waals surface area contributed by atoms with E-state index in [2.05, 4.69) is 0 Å². The number of anilines is 1. The van der Waals surface area contributed by atoms with Crippen molar-refractivity contribution in [3.8, 4) is 5.75 Å². The van der Waals surface area contributed by atoms with Crippen LogP contribution in [0.5, 0.6) is 5.75 Å². The molecule has 0 unspecified atom stereocenters. The minimum atomic E-state index is -4.01. The van der Waals surface area contributed by atoms with Gasteiger partial charge in [0.25, 0.3) is 0 Å². The average molecular weight is 300 g/mol. The summed E-state index contributed by atoms with van der Waals surface area (Å²) in [7, 11) is -7.67. The Bertz CT molecular complexity index is 623. The number of halogens is 1. The smallest absolute Gasteiger partial charge is 0.247 e. The Morgan fingerprint density at radius 3 is 2.35 bits per heavy atom. The van der Waals surface area contributed by atoms with Crippen molar-refractivity contribution in [1.82, 2.24) is 0 Å². The van der Waals surface area contributed by atoms with E-state index in [9.17, 15) is 21.9 Å². The molecule has 0 heterocycles. The number of phenols is 1. The molecule has 9 heteroatoms. The first-order valence-electron chi connectivity index (χ1n) is 4.26. The monoisotopic (exact) mass is 299 g/mol. The normalized spacial score (nSPS) is 12.4. The Morgan fingerprint density at radius 1 is 1.29 bits per heavy atom. The molecular formula is C8H10ClNO5S2. The van der Waals surface area contributed by atoms with Crippen molar-refractivity contribution < 1.29 is 21.9 Å². The molecule has 96 valence electrons. The summed E-state index contributed by atoms with van der Waals surface area (Å²) in [5.41, 5.74) is 0.0375. The first-order chi connectivity index (χ1) is 7.59. The van der Waals surface area contributed by atoms with Gasteiger partial charge in [-0.15, -0.1) is 0 Å². The number of phenolic OH excluding ortho intramolecular Hbond substituents is 1. The largest absolute Gasteiger partial charge is 0.506 e. The number of hydrogen-bond donors (Lipinski definition) is 2. The summed E-state index contributed by atoms with van der Waals surface area (Å²) in [6, 6.07) is 3.68. The molecule has 0 radical (unpaired) electrons. The van der Waals surface area contributed by atoms with Gasteiger partial charge in [0.15, 0.2) is 14.9 Å². The van der Waals surface area contributed by atoms with Crippen molar-refractivity contribution in [3.05, 3.63) is 23.2 Å². The van der Waals surface area contributed by atoms with E-state index < -0.39 is 24.9 Å². The summed E-state index contributed by atoms with van der Waals surface area (Å²) in [4.78, 5) is 0. The summed E-state index contributed by atoms with van der Waals surface area (Å²) in [6.45, 7) is 0. The summed E-state index contributed by atoms with van der Waals surface area (Å²) >= 11 is 5.54. The Kier molecular flexibility index (Phi) is 3.90. The quantitative estimate of drug-likeness (QED) is 0.856. The molecule has 0 aliphatic heterocycles. The van der Waals surface area contributed by atoms with Crippen LogP contribution in [0, 0.1) is 0 Å². The highest BCUT2D eigenvalue weighted by atomic mass is 35.5. The minimum Gasteiger partial charge on any atom is -0.506 e. The van der Waals surface area contributed by atoms with Crippen molar-refractivity contribution in [1.29, 1.82) is 0 Å². The van der Waals surface area contributed by atoms with E-state index in [1.54, 1.807) is 0 Å². The van der Waals surface area contributed by atoms with Gasteiger partial charge in [0.2, 0.25) is 10.0 Å². The number of benzene rings is 1. The van der Waals surface area contributed by atoms with Crippen LogP contribution in [0.1, 0.15) is 0 Å². The molecule has 2 N–H and O–H groups in total. The molecule has 0 amide bonds. The Labute approximate surface area is 104 Å². The Balaban J connectivity index is 2.95. The third kappa shape index (κ3) is 4.80. The molecule has 1 rings (SSSR count). The first kappa shape index (κ1) is 14.1. The second-order valence-corrected chi connectivity index (χ2v) is 8.06. The molecule has 0 bridgehead atoms. The number of nitrogens with one attached hydrogen (secondary N) is 1. The molecule has 0 aromatic heterocycles. The van der Waals surface area contributed by atoms with Crippen LogP contribution in [0.4, 0.5) is 5.69 Å². The van der Waals surface area contributed by atoms with E-state index in [4.69, 9.17) is 11.6 Å². The van der Waals surface area contributed by atoms with Crippen LogP contribution >= 0.6 is 11.6 Å². The van der Waals surface area contributed by atoms with E-state index in [1.165, 1.54) is 12.1 Å². The molecule has 17 heavy (non-hydrogen) atoms. The first-order valence-corrected chi connectivity index (χ1v) is 8.35. The number of hydrogen-bond acceptors (Lipinski definition) is 5. The zero-order chi connectivity index (χ0) is 13.3. The highest BCUT2D eigenvalue weighted by Crippen LogP contribution is 2.26. The molecule has 0 saturated carbocycles. The van der Waals surface area contributed by atoms with Crippen LogP contribution in [-0.4, -0.2) is 33.3 Å². The maximum atomic E-state index is 11.4. The molecule has 0 fully saturated rings. The lowest BCUT2D eigenvalue weighted by Gasteiger charge is -2.07. The summed E-state index contributed by atoms with van der Waals surface area (Å²) in [5.74, 6) is -0.300. The van der Waals surface area contributed by atoms with Crippen molar-refractivity contribution in [3.63, 3.8) is 0 Å². The van der Waals surface area contributed by atoms with Crippen molar-refractivity contribution in [2.75, 3.05) is 16.1 Å². The Morgan fingerprint density at radius 2 is 1.88 bits per heavy atom. The highest BCUT2D eigenvalue weighted by Gasteiger charge is 2.18. The molecule has 6 nitrogen and oxygen atoms in total. The lowest BCUT2D eigenvalue weighted by Crippen LogP contribution is -2.22. The maximum Gasteiger partial charge on any atom is 0.247 e. The van der Waals surface area contributed by atoms with Crippen LogP contribution in [0.15, 0.2) is 18.2 Å². The summed E-state index contributed by atoms with van der Waals surface area (Å²) in [5, 5.41) is 8.29. The van der Waals surface area contributed by atoms with Crippen molar-refractivity contribution in [2.24, 2.45) is 0 Å². The molecule has 0 spiro atoms. The number of aromatic hydroxyl groups is 1. The van der Waals surface area contributed by atoms with Gasteiger partial charge in [0.1, 0.15) is 5.75 Å². The van der Waals surface area contributed by atoms with E-state index in [0.717, 1.165) is 12.3 Å². The molecule has 1 aromatic rings.